The summed E-state index contributed by atoms with van der Waals surface area (Å²) in [4.78, 5) is 31.9. The lowest BCUT2D eigenvalue weighted by Crippen LogP contribution is -2.38. The van der Waals surface area contributed by atoms with Crippen molar-refractivity contribution in [1.82, 2.24) is 30.1 Å². The Bertz CT molecular complexity index is 1530. The summed E-state index contributed by atoms with van der Waals surface area (Å²) in [5.74, 6) is -0.288. The number of halogens is 1. The van der Waals surface area contributed by atoms with Crippen molar-refractivity contribution in [2.75, 3.05) is 0 Å². The van der Waals surface area contributed by atoms with Crippen LogP contribution < -0.4 is 0 Å². The second-order valence-corrected chi connectivity index (χ2v) is 9.51. The third-order valence-corrected chi connectivity index (χ3v) is 6.88. The van der Waals surface area contributed by atoms with Crippen LogP contribution in [0.3, 0.4) is 0 Å². The molecule has 0 fully saturated rings. The van der Waals surface area contributed by atoms with Crippen LogP contribution in [0.5, 0.6) is 0 Å². The van der Waals surface area contributed by atoms with E-state index in [0.29, 0.717) is 28.0 Å². The second-order valence-electron chi connectivity index (χ2n) is 8.54. The lowest BCUT2D eigenvalue weighted by molar-refractivity contribution is -0.151. The minimum Gasteiger partial charge on any atom is -0.460 e. The number of carbonyl (C=O) groups is 1. The topological polar surface area (TPSA) is 107 Å². The van der Waals surface area contributed by atoms with Gasteiger partial charge in [0, 0.05) is 58.9 Å². The summed E-state index contributed by atoms with van der Waals surface area (Å²) in [6.45, 7) is 0.206. The molecule has 0 aliphatic heterocycles. The van der Waals surface area contributed by atoms with E-state index in [4.69, 9.17) is 4.74 Å². The first kappa shape index (κ1) is 21.8. The van der Waals surface area contributed by atoms with E-state index < -0.39 is 5.41 Å². The highest BCUT2D eigenvalue weighted by Crippen LogP contribution is 2.41. The maximum atomic E-state index is 13.8. The van der Waals surface area contributed by atoms with E-state index >= 15 is 0 Å². The number of H-pyrrole nitrogens is 1. The fourth-order valence-electron chi connectivity index (χ4n) is 4.65. The third kappa shape index (κ3) is 3.95. The molecule has 0 spiro atoms. The number of aromatic amines is 1. The zero-order valence-corrected chi connectivity index (χ0v) is 20.6. The number of esters is 1. The van der Waals surface area contributed by atoms with Crippen LogP contribution in [0.15, 0.2) is 73.3 Å². The number of benzene rings is 1. The molecule has 1 unspecified atom stereocenters. The Hall–Kier alpha value is -3.73. The molecule has 0 bridgehead atoms. The first-order valence-corrected chi connectivity index (χ1v) is 12.2. The van der Waals surface area contributed by atoms with Crippen LogP contribution in [0.1, 0.15) is 22.4 Å². The largest absolute Gasteiger partial charge is 0.460 e. The summed E-state index contributed by atoms with van der Waals surface area (Å²) in [6, 6.07) is 15.6. The van der Waals surface area contributed by atoms with Crippen molar-refractivity contribution in [2.45, 2.75) is 24.9 Å². The number of hydrogen-bond acceptors (Lipinski definition) is 7. The van der Waals surface area contributed by atoms with Gasteiger partial charge in [0.1, 0.15) is 12.0 Å². The van der Waals surface area contributed by atoms with E-state index in [0.717, 1.165) is 33.3 Å². The third-order valence-electron chi connectivity index (χ3n) is 6.40. The predicted octanol–water partition coefficient (Wildman–Crippen LogP) is 4.19. The summed E-state index contributed by atoms with van der Waals surface area (Å²) < 4.78 is 6.48. The van der Waals surface area contributed by atoms with Crippen molar-refractivity contribution in [1.29, 1.82) is 0 Å². The van der Waals surface area contributed by atoms with Gasteiger partial charge in [-0.15, -0.1) is 0 Å². The van der Waals surface area contributed by atoms with Crippen molar-refractivity contribution in [2.24, 2.45) is 0 Å². The molecule has 1 N–H and O–H groups in total. The lowest BCUT2D eigenvalue weighted by Gasteiger charge is -2.27. The average Bonchev–Trinajstić information content (AvgIpc) is 3.53. The van der Waals surface area contributed by atoms with Gasteiger partial charge in [0.15, 0.2) is 9.48 Å². The van der Waals surface area contributed by atoms with Crippen molar-refractivity contribution in [3.05, 3.63) is 99.5 Å². The molecule has 0 radical (unpaired) electrons. The lowest BCUT2D eigenvalue weighted by atomic mass is 9.78. The van der Waals surface area contributed by atoms with Crippen LogP contribution in [-0.4, -0.2) is 36.1 Å². The van der Waals surface area contributed by atoms with Crippen LogP contribution in [-0.2, 0) is 34.4 Å². The number of aromatic nitrogens is 6. The smallest absolute Gasteiger partial charge is 0.317 e. The second kappa shape index (κ2) is 8.81. The Labute approximate surface area is 214 Å². The molecule has 8 nitrogen and oxygen atoms in total. The van der Waals surface area contributed by atoms with Crippen LogP contribution in [0.2, 0.25) is 0 Å². The minimum atomic E-state index is -0.926. The SMILES string of the molecule is O=C(OCc1ccccc1)C1(c2cncc(-c3nc(I)nc4[nH]ncc34)c2)Cc2cccnc2C1. The Kier molecular flexibility index (Phi) is 5.48. The zero-order valence-electron chi connectivity index (χ0n) is 18.5. The number of fused-ring (bicyclic) bond motifs is 2. The summed E-state index contributed by atoms with van der Waals surface area (Å²) in [7, 11) is 0. The molecule has 1 aliphatic rings. The van der Waals surface area contributed by atoms with Crippen molar-refractivity contribution >= 4 is 39.6 Å². The quantitative estimate of drug-likeness (QED) is 0.191. The highest BCUT2D eigenvalue weighted by molar-refractivity contribution is 14.1. The van der Waals surface area contributed by atoms with E-state index in [9.17, 15) is 4.79 Å². The zero-order chi connectivity index (χ0) is 23.8. The fourth-order valence-corrected chi connectivity index (χ4v) is 5.13. The maximum absolute atomic E-state index is 13.8. The van der Waals surface area contributed by atoms with Gasteiger partial charge in [-0.1, -0.05) is 36.4 Å². The molecule has 4 heterocycles. The van der Waals surface area contributed by atoms with Crippen molar-refractivity contribution in [3.63, 3.8) is 0 Å². The van der Waals surface area contributed by atoms with Crippen LogP contribution in [0.4, 0.5) is 0 Å². The molecular weight excluding hydrogens is 555 g/mol. The standard InChI is InChI=1S/C26H19IN6O2/c27-25-31-22(20-14-30-33-23(20)32-25)18-9-19(13-28-12-18)26(10-17-7-4-8-29-21(17)11-26)24(34)35-15-16-5-2-1-3-6-16/h1-9,12-14H,10-11,15H2,(H,30,31,32,33). The Morgan fingerprint density at radius 1 is 1.06 bits per heavy atom. The molecule has 0 amide bonds. The molecule has 35 heavy (non-hydrogen) atoms. The van der Waals surface area contributed by atoms with Crippen molar-refractivity contribution < 1.29 is 9.53 Å². The van der Waals surface area contributed by atoms with E-state index in [2.05, 4.69) is 52.7 Å². The molecule has 1 atom stereocenters. The number of rotatable bonds is 5. The Balaban J connectivity index is 1.42. The summed E-state index contributed by atoms with van der Waals surface area (Å²) >= 11 is 2.08. The fraction of sp³-hybridized carbons (Fsp3) is 0.154. The summed E-state index contributed by atoms with van der Waals surface area (Å²) in [5, 5.41) is 7.81. The average molecular weight is 574 g/mol. The minimum absolute atomic E-state index is 0.206. The number of ether oxygens (including phenoxy) is 1. The first-order chi connectivity index (χ1) is 17.1. The monoisotopic (exact) mass is 574 g/mol. The molecule has 0 saturated carbocycles. The van der Waals surface area contributed by atoms with Gasteiger partial charge in [-0.25, -0.2) is 9.97 Å². The number of carbonyl (C=O) groups excluding carboxylic acids is 1. The Morgan fingerprint density at radius 2 is 1.94 bits per heavy atom. The molecule has 5 aromatic rings. The van der Waals surface area contributed by atoms with Crippen LogP contribution in [0, 0.1) is 3.83 Å². The van der Waals surface area contributed by atoms with Gasteiger partial charge in [0.2, 0.25) is 0 Å². The summed E-state index contributed by atoms with van der Waals surface area (Å²) in [5.41, 5.74) is 4.89. The van der Waals surface area contributed by atoms with Crippen LogP contribution in [0.25, 0.3) is 22.3 Å². The number of nitrogens with one attached hydrogen (secondary N) is 1. The molecule has 1 aliphatic carbocycles. The van der Waals surface area contributed by atoms with Gasteiger partial charge in [-0.3, -0.25) is 19.9 Å². The molecule has 1 aromatic carbocycles. The van der Waals surface area contributed by atoms with Gasteiger partial charge in [0.25, 0.3) is 0 Å². The van der Waals surface area contributed by atoms with Gasteiger partial charge < -0.3 is 4.74 Å². The van der Waals surface area contributed by atoms with Gasteiger partial charge in [-0.2, -0.15) is 5.10 Å². The van der Waals surface area contributed by atoms with E-state index in [1.165, 1.54) is 0 Å². The van der Waals surface area contributed by atoms with Gasteiger partial charge in [0.05, 0.1) is 17.3 Å². The molecule has 9 heteroatoms. The number of nitrogens with zero attached hydrogens (tertiary/aromatic N) is 5. The molecule has 0 saturated heterocycles. The van der Waals surface area contributed by atoms with E-state index in [1.807, 2.05) is 48.5 Å². The van der Waals surface area contributed by atoms with Gasteiger partial charge >= 0.3 is 5.97 Å². The summed E-state index contributed by atoms with van der Waals surface area (Å²) in [6.07, 6.45) is 7.90. The van der Waals surface area contributed by atoms with Crippen LogP contribution >= 0.6 is 22.6 Å². The highest BCUT2D eigenvalue weighted by atomic mass is 127. The molecule has 6 rings (SSSR count). The number of hydrogen-bond donors (Lipinski definition) is 1. The molecular formula is C26H19IN6O2. The van der Waals surface area contributed by atoms with E-state index in [1.54, 1.807) is 24.8 Å². The molecule has 172 valence electrons. The predicted molar refractivity (Wildman–Crippen MR) is 137 cm³/mol. The Morgan fingerprint density at radius 3 is 2.80 bits per heavy atom. The molecule has 4 aromatic heterocycles. The normalized spacial score (nSPS) is 16.8. The van der Waals surface area contributed by atoms with E-state index in [-0.39, 0.29) is 12.6 Å². The van der Waals surface area contributed by atoms with Gasteiger partial charge in [-0.05, 0) is 35.2 Å². The maximum Gasteiger partial charge on any atom is 0.317 e. The van der Waals surface area contributed by atoms with Crippen molar-refractivity contribution in [3.8, 4) is 11.3 Å². The number of pyridine rings is 2. The first-order valence-electron chi connectivity index (χ1n) is 11.1. The highest BCUT2D eigenvalue weighted by Gasteiger charge is 2.48.